The maximum absolute atomic E-state index is 12.0. The van der Waals surface area contributed by atoms with E-state index >= 15 is 0 Å². The average Bonchev–Trinajstić information content (AvgIpc) is 2.87. The molecule has 0 bridgehead atoms. The SMILES string of the molecule is O=S(=O)(Cc1c(Cl)cccc1Cl)NCCC1CCNC1. The fourth-order valence-electron chi connectivity index (χ4n) is 2.29. The van der Waals surface area contributed by atoms with Crippen LogP contribution in [0.5, 0.6) is 0 Å². The molecule has 0 aliphatic carbocycles. The minimum Gasteiger partial charge on any atom is -0.316 e. The molecule has 1 unspecified atom stereocenters. The number of rotatable bonds is 6. The Morgan fingerprint density at radius 3 is 2.60 bits per heavy atom. The highest BCUT2D eigenvalue weighted by Gasteiger charge is 2.18. The molecule has 0 aromatic heterocycles. The van der Waals surface area contributed by atoms with Gasteiger partial charge < -0.3 is 5.32 Å². The van der Waals surface area contributed by atoms with Crippen molar-refractivity contribution in [2.24, 2.45) is 5.92 Å². The lowest BCUT2D eigenvalue weighted by molar-refractivity contribution is 0.519. The van der Waals surface area contributed by atoms with Gasteiger partial charge in [-0.2, -0.15) is 0 Å². The zero-order chi connectivity index (χ0) is 14.6. The standard InChI is InChI=1S/C13H18Cl2N2O2S/c14-12-2-1-3-13(15)11(12)9-20(18,19)17-7-5-10-4-6-16-8-10/h1-3,10,16-17H,4-9H2. The minimum absolute atomic E-state index is 0.186. The van der Waals surface area contributed by atoms with E-state index in [-0.39, 0.29) is 5.75 Å². The molecule has 2 rings (SSSR count). The first kappa shape index (κ1) is 16.0. The summed E-state index contributed by atoms with van der Waals surface area (Å²) in [4.78, 5) is 0. The Labute approximate surface area is 129 Å². The molecule has 1 saturated heterocycles. The van der Waals surface area contributed by atoms with E-state index < -0.39 is 10.0 Å². The van der Waals surface area contributed by atoms with Crippen LogP contribution < -0.4 is 10.0 Å². The van der Waals surface area contributed by atoms with Crippen LogP contribution >= 0.6 is 23.2 Å². The van der Waals surface area contributed by atoms with Gasteiger partial charge in [0.15, 0.2) is 0 Å². The summed E-state index contributed by atoms with van der Waals surface area (Å²) >= 11 is 12.0. The molecule has 1 fully saturated rings. The molecular formula is C13H18Cl2N2O2S. The van der Waals surface area contributed by atoms with Crippen molar-refractivity contribution in [3.63, 3.8) is 0 Å². The van der Waals surface area contributed by atoms with Crippen LogP contribution in [-0.4, -0.2) is 28.1 Å². The summed E-state index contributed by atoms with van der Waals surface area (Å²) in [5, 5.41) is 4.02. The number of halogens is 2. The minimum atomic E-state index is -3.41. The van der Waals surface area contributed by atoms with E-state index in [1.807, 2.05) is 0 Å². The Balaban J connectivity index is 1.90. The van der Waals surface area contributed by atoms with Gasteiger partial charge in [0.1, 0.15) is 0 Å². The van der Waals surface area contributed by atoms with Crippen molar-refractivity contribution in [2.75, 3.05) is 19.6 Å². The monoisotopic (exact) mass is 336 g/mol. The van der Waals surface area contributed by atoms with Gasteiger partial charge >= 0.3 is 0 Å². The highest BCUT2D eigenvalue weighted by atomic mass is 35.5. The van der Waals surface area contributed by atoms with Gasteiger partial charge in [0.2, 0.25) is 10.0 Å². The second-order valence-corrected chi connectivity index (χ2v) is 7.62. The van der Waals surface area contributed by atoms with Crippen LogP contribution in [-0.2, 0) is 15.8 Å². The van der Waals surface area contributed by atoms with Gasteiger partial charge in [-0.05, 0) is 44.0 Å². The Kier molecular flexibility index (Phi) is 5.69. The van der Waals surface area contributed by atoms with Gasteiger partial charge in [0.05, 0.1) is 5.75 Å². The Morgan fingerprint density at radius 2 is 2.00 bits per heavy atom. The van der Waals surface area contributed by atoms with Crippen molar-refractivity contribution in [3.8, 4) is 0 Å². The van der Waals surface area contributed by atoms with Gasteiger partial charge in [-0.15, -0.1) is 0 Å². The lowest BCUT2D eigenvalue weighted by Gasteiger charge is -2.11. The smallest absolute Gasteiger partial charge is 0.215 e. The molecule has 0 spiro atoms. The van der Waals surface area contributed by atoms with Crippen LogP contribution in [0.4, 0.5) is 0 Å². The predicted molar refractivity (Wildman–Crippen MR) is 82.7 cm³/mol. The highest BCUT2D eigenvalue weighted by Crippen LogP contribution is 2.25. The van der Waals surface area contributed by atoms with Crippen LogP contribution in [0.2, 0.25) is 10.0 Å². The van der Waals surface area contributed by atoms with E-state index in [4.69, 9.17) is 23.2 Å². The van der Waals surface area contributed by atoms with E-state index in [9.17, 15) is 8.42 Å². The Bertz CT molecular complexity index is 537. The number of sulfonamides is 1. The van der Waals surface area contributed by atoms with Gasteiger partial charge in [-0.25, -0.2) is 13.1 Å². The molecule has 1 heterocycles. The van der Waals surface area contributed by atoms with Crippen molar-refractivity contribution < 1.29 is 8.42 Å². The first-order chi connectivity index (χ1) is 9.48. The quantitative estimate of drug-likeness (QED) is 0.838. The third-order valence-corrected chi connectivity index (χ3v) is 5.45. The molecule has 1 atom stereocenters. The molecule has 4 nitrogen and oxygen atoms in total. The van der Waals surface area contributed by atoms with E-state index in [0.29, 0.717) is 28.1 Å². The topological polar surface area (TPSA) is 58.2 Å². The summed E-state index contributed by atoms with van der Waals surface area (Å²) in [6.07, 6.45) is 1.96. The van der Waals surface area contributed by atoms with Crippen molar-refractivity contribution >= 4 is 33.2 Å². The third kappa shape index (κ3) is 4.60. The molecule has 0 saturated carbocycles. The number of nitrogens with one attached hydrogen (secondary N) is 2. The van der Waals surface area contributed by atoms with Gasteiger partial charge in [-0.3, -0.25) is 0 Å². The van der Waals surface area contributed by atoms with E-state index in [2.05, 4.69) is 10.0 Å². The normalized spacial score (nSPS) is 19.4. The number of hydrogen-bond donors (Lipinski definition) is 2. The van der Waals surface area contributed by atoms with Gasteiger partial charge in [-0.1, -0.05) is 29.3 Å². The lowest BCUT2D eigenvalue weighted by atomic mass is 10.1. The molecule has 0 radical (unpaired) electrons. The van der Waals surface area contributed by atoms with Crippen molar-refractivity contribution in [1.29, 1.82) is 0 Å². The molecule has 1 aliphatic rings. The fraction of sp³-hybridized carbons (Fsp3) is 0.538. The average molecular weight is 337 g/mol. The van der Waals surface area contributed by atoms with Crippen LogP contribution in [0.1, 0.15) is 18.4 Å². The van der Waals surface area contributed by atoms with Crippen molar-refractivity contribution in [1.82, 2.24) is 10.0 Å². The van der Waals surface area contributed by atoms with E-state index in [1.54, 1.807) is 18.2 Å². The van der Waals surface area contributed by atoms with Crippen molar-refractivity contribution in [3.05, 3.63) is 33.8 Å². The van der Waals surface area contributed by atoms with Crippen molar-refractivity contribution in [2.45, 2.75) is 18.6 Å². The first-order valence-corrected chi connectivity index (χ1v) is 9.00. The predicted octanol–water partition coefficient (Wildman–Crippen LogP) is 2.41. The van der Waals surface area contributed by atoms with Crippen LogP contribution in [0.15, 0.2) is 18.2 Å². The van der Waals surface area contributed by atoms with Gasteiger partial charge in [0, 0.05) is 22.2 Å². The molecular weight excluding hydrogens is 319 g/mol. The largest absolute Gasteiger partial charge is 0.316 e. The van der Waals surface area contributed by atoms with Crippen LogP contribution in [0.25, 0.3) is 0 Å². The summed E-state index contributed by atoms with van der Waals surface area (Å²) in [5.41, 5.74) is 0.450. The molecule has 2 N–H and O–H groups in total. The second kappa shape index (κ2) is 7.09. The number of hydrogen-bond acceptors (Lipinski definition) is 3. The summed E-state index contributed by atoms with van der Waals surface area (Å²) in [6, 6.07) is 4.98. The highest BCUT2D eigenvalue weighted by molar-refractivity contribution is 7.88. The van der Waals surface area contributed by atoms with E-state index in [0.717, 1.165) is 25.9 Å². The zero-order valence-electron chi connectivity index (χ0n) is 11.0. The maximum atomic E-state index is 12.0. The Hall–Kier alpha value is -0.330. The second-order valence-electron chi connectivity index (χ2n) is 5.00. The molecule has 20 heavy (non-hydrogen) atoms. The third-order valence-electron chi connectivity index (χ3n) is 3.43. The maximum Gasteiger partial charge on any atom is 0.215 e. The van der Waals surface area contributed by atoms with E-state index in [1.165, 1.54) is 0 Å². The molecule has 1 aliphatic heterocycles. The van der Waals surface area contributed by atoms with Crippen LogP contribution in [0.3, 0.4) is 0 Å². The summed E-state index contributed by atoms with van der Waals surface area (Å²) in [6.45, 7) is 2.45. The molecule has 0 amide bonds. The molecule has 7 heteroatoms. The first-order valence-electron chi connectivity index (χ1n) is 6.59. The van der Waals surface area contributed by atoms with Crippen LogP contribution in [0, 0.1) is 5.92 Å². The molecule has 1 aromatic rings. The number of benzene rings is 1. The summed E-state index contributed by atoms with van der Waals surface area (Å²) < 4.78 is 26.7. The molecule has 112 valence electrons. The van der Waals surface area contributed by atoms with Gasteiger partial charge in [0.25, 0.3) is 0 Å². The zero-order valence-corrected chi connectivity index (χ0v) is 13.4. The summed E-state index contributed by atoms with van der Waals surface area (Å²) in [5.74, 6) is 0.371. The Morgan fingerprint density at radius 1 is 1.30 bits per heavy atom. The molecule has 1 aromatic carbocycles. The summed E-state index contributed by atoms with van der Waals surface area (Å²) in [7, 11) is -3.41. The fourth-order valence-corrected chi connectivity index (χ4v) is 4.20. The lowest BCUT2D eigenvalue weighted by Crippen LogP contribution is -2.28.